The monoisotopic (exact) mass is 405 g/mol. The van der Waals surface area contributed by atoms with Crippen LogP contribution in [0.2, 0.25) is 0 Å². The van der Waals surface area contributed by atoms with E-state index in [9.17, 15) is 8.42 Å². The zero-order chi connectivity index (χ0) is 17.2. The first-order valence-electron chi connectivity index (χ1n) is 7.32. The number of nitrogens with one attached hydrogen (secondary N) is 1. The Balaban J connectivity index is 1.76. The molecule has 1 N–H and O–H groups in total. The maximum atomic E-state index is 12.4. The molecule has 0 spiro atoms. The van der Waals surface area contributed by atoms with Gasteiger partial charge in [-0.25, -0.2) is 18.1 Å². The lowest BCUT2D eigenvalue weighted by Crippen LogP contribution is -2.26. The predicted octanol–water partition coefficient (Wildman–Crippen LogP) is 3.67. The zero-order valence-corrected chi connectivity index (χ0v) is 15.3. The average molecular weight is 406 g/mol. The van der Waals surface area contributed by atoms with Crippen molar-refractivity contribution < 1.29 is 8.42 Å². The lowest BCUT2D eigenvalue weighted by Gasteiger charge is -2.15. The molecule has 3 aromatic rings. The summed E-state index contributed by atoms with van der Waals surface area (Å²) in [5.41, 5.74) is 1.86. The van der Waals surface area contributed by atoms with E-state index in [2.05, 4.69) is 25.6 Å². The van der Waals surface area contributed by atoms with Gasteiger partial charge in [0.1, 0.15) is 0 Å². The van der Waals surface area contributed by atoms with Gasteiger partial charge in [0.05, 0.1) is 11.2 Å². The summed E-state index contributed by atoms with van der Waals surface area (Å²) in [7, 11) is -3.56. The molecule has 0 aliphatic rings. The van der Waals surface area contributed by atoms with E-state index in [4.69, 9.17) is 0 Å². The third-order valence-electron chi connectivity index (χ3n) is 3.65. The van der Waals surface area contributed by atoms with Gasteiger partial charge in [-0.2, -0.15) is 0 Å². The van der Waals surface area contributed by atoms with Crippen LogP contribution in [0.4, 0.5) is 0 Å². The minimum atomic E-state index is -3.56. The van der Waals surface area contributed by atoms with Crippen molar-refractivity contribution in [3.8, 4) is 5.69 Å². The van der Waals surface area contributed by atoms with Crippen molar-refractivity contribution in [1.29, 1.82) is 0 Å². The Hall–Kier alpha value is -1.96. The largest absolute Gasteiger partial charge is 0.306 e. The zero-order valence-electron chi connectivity index (χ0n) is 12.9. The Kier molecular flexibility index (Phi) is 4.84. The molecule has 5 nitrogen and oxygen atoms in total. The van der Waals surface area contributed by atoms with E-state index >= 15 is 0 Å². The number of halogens is 1. The molecule has 24 heavy (non-hydrogen) atoms. The van der Waals surface area contributed by atoms with Gasteiger partial charge in [-0.05, 0) is 48.9 Å². The van der Waals surface area contributed by atoms with Crippen LogP contribution in [0.25, 0.3) is 5.69 Å². The molecule has 0 saturated heterocycles. The van der Waals surface area contributed by atoms with Crippen molar-refractivity contribution >= 4 is 26.0 Å². The molecular weight excluding hydrogens is 390 g/mol. The second kappa shape index (κ2) is 6.88. The summed E-state index contributed by atoms with van der Waals surface area (Å²) in [6.07, 6.45) is 5.28. The van der Waals surface area contributed by atoms with E-state index in [0.717, 1.165) is 15.7 Å². The molecule has 0 bridgehead atoms. The third-order valence-corrected chi connectivity index (χ3v) is 5.74. The lowest BCUT2D eigenvalue weighted by molar-refractivity contribution is 0.567. The number of nitrogens with zero attached hydrogens (tertiary/aromatic N) is 2. The SMILES string of the molecule is CC(NS(=O)(=O)c1ccc(Br)cc1)c1ccc(-n2ccnc2)cc1. The molecule has 0 fully saturated rings. The fourth-order valence-electron chi connectivity index (χ4n) is 2.33. The van der Waals surface area contributed by atoms with Crippen molar-refractivity contribution in [3.05, 3.63) is 77.3 Å². The van der Waals surface area contributed by atoms with Crippen LogP contribution >= 0.6 is 15.9 Å². The van der Waals surface area contributed by atoms with E-state index in [1.165, 1.54) is 0 Å². The second-order valence-electron chi connectivity index (χ2n) is 5.36. The van der Waals surface area contributed by atoms with Crippen molar-refractivity contribution in [1.82, 2.24) is 14.3 Å². The Morgan fingerprint density at radius 1 is 1.08 bits per heavy atom. The van der Waals surface area contributed by atoms with Gasteiger partial charge in [-0.15, -0.1) is 0 Å². The highest BCUT2D eigenvalue weighted by Gasteiger charge is 2.18. The van der Waals surface area contributed by atoms with Crippen LogP contribution in [0, 0.1) is 0 Å². The van der Waals surface area contributed by atoms with Crippen LogP contribution in [-0.4, -0.2) is 18.0 Å². The summed E-state index contributed by atoms with van der Waals surface area (Å²) >= 11 is 3.30. The fraction of sp³-hybridized carbons (Fsp3) is 0.118. The minimum absolute atomic E-state index is 0.243. The van der Waals surface area contributed by atoms with Crippen molar-refractivity contribution in [2.45, 2.75) is 17.9 Å². The second-order valence-corrected chi connectivity index (χ2v) is 7.99. The maximum absolute atomic E-state index is 12.4. The van der Waals surface area contributed by atoms with Crippen LogP contribution in [0.1, 0.15) is 18.5 Å². The molecule has 1 unspecified atom stereocenters. The van der Waals surface area contributed by atoms with Crippen LogP contribution < -0.4 is 4.72 Å². The Morgan fingerprint density at radius 3 is 2.33 bits per heavy atom. The van der Waals surface area contributed by atoms with E-state index < -0.39 is 10.0 Å². The van der Waals surface area contributed by atoms with Gasteiger partial charge in [-0.3, -0.25) is 0 Å². The van der Waals surface area contributed by atoms with Gasteiger partial charge in [0.2, 0.25) is 10.0 Å². The maximum Gasteiger partial charge on any atom is 0.241 e. The number of sulfonamides is 1. The highest BCUT2D eigenvalue weighted by Crippen LogP contribution is 2.20. The standard InChI is InChI=1S/C17H16BrN3O2S/c1-13(20-24(22,23)17-8-4-15(18)5-9-17)14-2-6-16(7-3-14)21-11-10-19-12-21/h2-13,20H,1H3. The topological polar surface area (TPSA) is 64.0 Å². The van der Waals surface area contributed by atoms with Gasteiger partial charge in [0, 0.05) is 28.6 Å². The molecule has 124 valence electrons. The first kappa shape index (κ1) is 16.9. The number of hydrogen-bond acceptors (Lipinski definition) is 3. The highest BCUT2D eigenvalue weighted by molar-refractivity contribution is 9.10. The van der Waals surface area contributed by atoms with Crippen LogP contribution in [0.5, 0.6) is 0 Å². The van der Waals surface area contributed by atoms with Gasteiger partial charge in [-0.1, -0.05) is 28.1 Å². The molecule has 1 heterocycles. The van der Waals surface area contributed by atoms with Gasteiger partial charge in [0.15, 0.2) is 0 Å². The molecule has 1 aromatic heterocycles. The summed E-state index contributed by atoms with van der Waals surface area (Å²) in [5.74, 6) is 0. The predicted molar refractivity (Wildman–Crippen MR) is 96.4 cm³/mol. The lowest BCUT2D eigenvalue weighted by atomic mass is 10.1. The number of hydrogen-bond donors (Lipinski definition) is 1. The molecule has 0 aliphatic heterocycles. The van der Waals surface area contributed by atoms with Crippen LogP contribution in [0.15, 0.2) is 76.6 Å². The first-order chi connectivity index (χ1) is 11.5. The Labute approximate surface area is 149 Å². The molecule has 0 amide bonds. The van der Waals surface area contributed by atoms with Crippen LogP contribution in [0.3, 0.4) is 0 Å². The summed E-state index contributed by atoms with van der Waals surface area (Å²) in [6, 6.07) is 13.9. The average Bonchev–Trinajstić information content (AvgIpc) is 3.09. The summed E-state index contributed by atoms with van der Waals surface area (Å²) in [4.78, 5) is 4.26. The van der Waals surface area contributed by atoms with Crippen molar-refractivity contribution in [3.63, 3.8) is 0 Å². The molecule has 0 saturated carbocycles. The normalized spacial score (nSPS) is 12.9. The Morgan fingerprint density at radius 2 is 1.75 bits per heavy atom. The molecule has 7 heteroatoms. The summed E-state index contributed by atoms with van der Waals surface area (Å²) < 4.78 is 30.3. The Bertz CT molecular complexity index is 905. The summed E-state index contributed by atoms with van der Waals surface area (Å²) in [6.45, 7) is 1.82. The number of aromatic nitrogens is 2. The molecular formula is C17H16BrN3O2S. The van der Waals surface area contributed by atoms with Crippen molar-refractivity contribution in [2.75, 3.05) is 0 Å². The fourth-order valence-corrected chi connectivity index (χ4v) is 3.83. The molecule has 3 rings (SSSR count). The quantitative estimate of drug-likeness (QED) is 0.703. The van der Waals surface area contributed by atoms with Gasteiger partial charge < -0.3 is 4.57 Å². The number of rotatable bonds is 5. The smallest absolute Gasteiger partial charge is 0.241 e. The molecule has 0 aliphatic carbocycles. The highest BCUT2D eigenvalue weighted by atomic mass is 79.9. The molecule has 1 atom stereocenters. The third kappa shape index (κ3) is 3.75. The molecule has 2 aromatic carbocycles. The van der Waals surface area contributed by atoms with E-state index in [1.54, 1.807) is 36.8 Å². The van der Waals surface area contributed by atoms with E-state index in [0.29, 0.717) is 0 Å². The number of benzene rings is 2. The first-order valence-corrected chi connectivity index (χ1v) is 9.59. The van der Waals surface area contributed by atoms with Crippen LogP contribution in [-0.2, 0) is 10.0 Å². The minimum Gasteiger partial charge on any atom is -0.306 e. The van der Waals surface area contributed by atoms with Gasteiger partial charge >= 0.3 is 0 Å². The van der Waals surface area contributed by atoms with E-state index in [-0.39, 0.29) is 10.9 Å². The van der Waals surface area contributed by atoms with E-state index in [1.807, 2.05) is 42.0 Å². The summed E-state index contributed by atoms with van der Waals surface area (Å²) in [5, 5.41) is 0. The molecule has 0 radical (unpaired) electrons. The number of imidazole rings is 1. The van der Waals surface area contributed by atoms with Crippen molar-refractivity contribution in [2.24, 2.45) is 0 Å². The van der Waals surface area contributed by atoms with Gasteiger partial charge in [0.25, 0.3) is 0 Å².